The van der Waals surface area contributed by atoms with Crippen LogP contribution >= 0.6 is 0 Å². The maximum atomic E-state index is 12.3. The number of carbonyl (C=O) groups excluding carboxylic acids is 1. The van der Waals surface area contributed by atoms with Crippen LogP contribution in [-0.4, -0.2) is 41.9 Å². The largest absolute Gasteiger partial charge is 0.387 e. The molecule has 37 heavy (non-hydrogen) atoms. The van der Waals surface area contributed by atoms with Gasteiger partial charge in [-0.25, -0.2) is 0 Å². The van der Waals surface area contributed by atoms with E-state index in [9.17, 15) is 22.9 Å². The molecule has 0 aromatic carbocycles. The van der Waals surface area contributed by atoms with Gasteiger partial charge in [-0.05, 0) is 19.3 Å². The summed E-state index contributed by atoms with van der Waals surface area (Å²) >= 11 is 0. The molecule has 0 saturated carbocycles. The molecule has 0 bridgehead atoms. The molecular formula is C30H59NO5S. The summed E-state index contributed by atoms with van der Waals surface area (Å²) in [5.74, 6) is -0.980. The van der Waals surface area contributed by atoms with Gasteiger partial charge in [0.1, 0.15) is 0 Å². The number of amides is 1. The molecule has 2 unspecified atom stereocenters. The summed E-state index contributed by atoms with van der Waals surface area (Å²) in [6, 6.07) is -1.05. The van der Waals surface area contributed by atoms with Crippen LogP contribution < -0.4 is 5.32 Å². The van der Waals surface area contributed by atoms with Crippen molar-refractivity contribution >= 4 is 16.0 Å². The van der Waals surface area contributed by atoms with Gasteiger partial charge in [-0.1, -0.05) is 142 Å². The lowest BCUT2D eigenvalue weighted by Gasteiger charge is -2.21. The fraction of sp³-hybridized carbons (Fsp3) is 0.900. The Hall–Kier alpha value is -0.920. The second-order valence-corrected chi connectivity index (χ2v) is 12.2. The predicted octanol–water partition coefficient (Wildman–Crippen LogP) is 7.90. The van der Waals surface area contributed by atoms with Crippen LogP contribution in [0.3, 0.4) is 0 Å². The van der Waals surface area contributed by atoms with Gasteiger partial charge in [-0.3, -0.25) is 9.35 Å². The van der Waals surface area contributed by atoms with E-state index in [0.717, 1.165) is 38.5 Å². The van der Waals surface area contributed by atoms with Crippen molar-refractivity contribution in [2.45, 2.75) is 167 Å². The standard InChI is InChI=1S/C30H59NO5S/c1-3-5-7-9-11-12-13-14-15-16-17-18-20-21-23-25-29(32)28(27-37(34,35)36)31-30(33)26-24-22-19-10-8-6-4-2/h23,25,28-29,32H,3-22,24,26-27H2,1-2H3,(H,31,33)(H,34,35,36)/b25-23+. The average molecular weight is 546 g/mol. The normalized spacial score (nSPS) is 13.7. The lowest BCUT2D eigenvalue weighted by atomic mass is 10.0. The second-order valence-electron chi connectivity index (χ2n) is 10.7. The highest BCUT2D eigenvalue weighted by molar-refractivity contribution is 7.85. The molecule has 220 valence electrons. The van der Waals surface area contributed by atoms with E-state index < -0.39 is 28.0 Å². The number of aliphatic hydroxyl groups is 1. The quantitative estimate of drug-likeness (QED) is 0.0553. The first-order valence-electron chi connectivity index (χ1n) is 15.4. The van der Waals surface area contributed by atoms with Gasteiger partial charge < -0.3 is 10.4 Å². The summed E-state index contributed by atoms with van der Waals surface area (Å²) in [6.45, 7) is 4.43. The summed E-state index contributed by atoms with van der Waals surface area (Å²) in [5.41, 5.74) is 0. The van der Waals surface area contributed by atoms with Crippen molar-refractivity contribution in [3.05, 3.63) is 12.2 Å². The van der Waals surface area contributed by atoms with E-state index in [0.29, 0.717) is 6.42 Å². The summed E-state index contributed by atoms with van der Waals surface area (Å²) < 4.78 is 32.0. The number of carbonyl (C=O) groups is 1. The number of nitrogens with one attached hydrogen (secondary N) is 1. The van der Waals surface area contributed by atoms with Crippen LogP contribution in [0.5, 0.6) is 0 Å². The van der Waals surface area contributed by atoms with Crippen LogP contribution in [0.25, 0.3) is 0 Å². The lowest BCUT2D eigenvalue weighted by Crippen LogP contribution is -2.46. The van der Waals surface area contributed by atoms with E-state index in [4.69, 9.17) is 0 Å². The highest BCUT2D eigenvalue weighted by atomic mass is 32.2. The van der Waals surface area contributed by atoms with Crippen molar-refractivity contribution in [3.8, 4) is 0 Å². The van der Waals surface area contributed by atoms with E-state index in [2.05, 4.69) is 19.2 Å². The van der Waals surface area contributed by atoms with Crippen molar-refractivity contribution in [3.63, 3.8) is 0 Å². The van der Waals surface area contributed by atoms with Gasteiger partial charge in [0.15, 0.2) is 0 Å². The monoisotopic (exact) mass is 545 g/mol. The Morgan fingerprint density at radius 2 is 1.11 bits per heavy atom. The minimum atomic E-state index is -4.32. The number of rotatable bonds is 27. The zero-order chi connectivity index (χ0) is 27.6. The van der Waals surface area contributed by atoms with E-state index in [-0.39, 0.29) is 5.91 Å². The van der Waals surface area contributed by atoms with Gasteiger partial charge in [-0.2, -0.15) is 8.42 Å². The zero-order valence-electron chi connectivity index (χ0n) is 24.1. The number of hydrogen-bond donors (Lipinski definition) is 3. The van der Waals surface area contributed by atoms with E-state index in [1.165, 1.54) is 96.3 Å². The second kappa shape index (κ2) is 25.4. The molecular weight excluding hydrogens is 486 g/mol. The molecule has 0 saturated heterocycles. The molecule has 2 atom stereocenters. The van der Waals surface area contributed by atoms with Gasteiger partial charge in [0.2, 0.25) is 5.91 Å². The molecule has 0 fully saturated rings. The van der Waals surface area contributed by atoms with Crippen LogP contribution in [0, 0.1) is 0 Å². The molecule has 6 nitrogen and oxygen atoms in total. The Morgan fingerprint density at radius 1 is 0.703 bits per heavy atom. The van der Waals surface area contributed by atoms with Gasteiger partial charge in [-0.15, -0.1) is 0 Å². The minimum absolute atomic E-state index is 0.286. The molecule has 0 aromatic rings. The van der Waals surface area contributed by atoms with Crippen LogP contribution in [-0.2, 0) is 14.9 Å². The van der Waals surface area contributed by atoms with Crippen molar-refractivity contribution in [2.24, 2.45) is 0 Å². The predicted molar refractivity (Wildman–Crippen MR) is 156 cm³/mol. The molecule has 0 spiro atoms. The third-order valence-corrected chi connectivity index (χ3v) is 7.74. The fourth-order valence-corrected chi connectivity index (χ4v) is 5.36. The van der Waals surface area contributed by atoms with Gasteiger partial charge >= 0.3 is 0 Å². The van der Waals surface area contributed by atoms with Crippen LogP contribution in [0.1, 0.15) is 155 Å². The lowest BCUT2D eigenvalue weighted by molar-refractivity contribution is -0.122. The van der Waals surface area contributed by atoms with E-state index in [1.54, 1.807) is 6.08 Å². The van der Waals surface area contributed by atoms with Gasteiger partial charge in [0, 0.05) is 6.42 Å². The molecule has 0 aromatic heterocycles. The van der Waals surface area contributed by atoms with Gasteiger partial charge in [0.05, 0.1) is 17.9 Å². The molecule has 0 heterocycles. The Bertz CT molecular complexity index is 650. The summed E-state index contributed by atoms with van der Waals surface area (Å²) in [4.78, 5) is 12.3. The number of allylic oxidation sites excluding steroid dienone is 1. The molecule has 1 amide bonds. The first-order chi connectivity index (χ1) is 17.8. The maximum Gasteiger partial charge on any atom is 0.267 e. The third-order valence-electron chi connectivity index (χ3n) is 6.96. The summed E-state index contributed by atoms with van der Waals surface area (Å²) in [7, 11) is -4.32. The van der Waals surface area contributed by atoms with Crippen molar-refractivity contribution < 1.29 is 22.9 Å². The van der Waals surface area contributed by atoms with Crippen LogP contribution in [0.2, 0.25) is 0 Å². The molecule has 3 N–H and O–H groups in total. The van der Waals surface area contributed by atoms with Crippen molar-refractivity contribution in [2.75, 3.05) is 5.75 Å². The molecule has 0 aliphatic heterocycles. The van der Waals surface area contributed by atoms with E-state index in [1.807, 2.05) is 6.08 Å². The Balaban J connectivity index is 4.03. The smallest absolute Gasteiger partial charge is 0.267 e. The Kier molecular flexibility index (Phi) is 24.7. The first kappa shape index (κ1) is 36.1. The SMILES string of the molecule is CCCCCCCCCCCCCCC/C=C/C(O)C(CS(=O)(=O)O)NC(=O)CCCCCCCCC. The molecule has 0 rings (SSSR count). The zero-order valence-corrected chi connectivity index (χ0v) is 24.9. The summed E-state index contributed by atoms with van der Waals surface area (Å²) in [6.07, 6.45) is 27.8. The molecule has 0 aliphatic carbocycles. The third kappa shape index (κ3) is 26.5. The number of aliphatic hydroxyl groups excluding tert-OH is 1. The fourth-order valence-electron chi connectivity index (χ4n) is 4.62. The number of unbranched alkanes of at least 4 members (excludes halogenated alkanes) is 19. The topological polar surface area (TPSA) is 104 Å². The average Bonchev–Trinajstić information content (AvgIpc) is 2.84. The van der Waals surface area contributed by atoms with Crippen molar-refractivity contribution in [1.82, 2.24) is 5.32 Å². The van der Waals surface area contributed by atoms with Gasteiger partial charge in [0.25, 0.3) is 10.1 Å². The Labute approximate surface area is 229 Å². The Morgan fingerprint density at radius 3 is 1.54 bits per heavy atom. The maximum absolute atomic E-state index is 12.3. The molecule has 0 radical (unpaired) electrons. The highest BCUT2D eigenvalue weighted by Gasteiger charge is 2.24. The minimum Gasteiger partial charge on any atom is -0.387 e. The number of hydrogen-bond acceptors (Lipinski definition) is 4. The van der Waals surface area contributed by atoms with Crippen molar-refractivity contribution in [1.29, 1.82) is 0 Å². The summed E-state index contributed by atoms with van der Waals surface area (Å²) in [5, 5.41) is 13.0. The molecule has 0 aliphatic rings. The molecule has 7 heteroatoms. The van der Waals surface area contributed by atoms with Crippen LogP contribution in [0.4, 0.5) is 0 Å². The first-order valence-corrected chi connectivity index (χ1v) is 17.0. The van der Waals surface area contributed by atoms with E-state index >= 15 is 0 Å². The van der Waals surface area contributed by atoms with Crippen LogP contribution in [0.15, 0.2) is 12.2 Å². The highest BCUT2D eigenvalue weighted by Crippen LogP contribution is 2.13.